The summed E-state index contributed by atoms with van der Waals surface area (Å²) in [5.74, 6) is -4.60. The lowest BCUT2D eigenvalue weighted by Crippen LogP contribution is -2.27. The minimum Gasteiger partial charge on any atom is -0.478 e. The van der Waals surface area contributed by atoms with Crippen LogP contribution in [-0.2, 0) is 6.54 Å². The summed E-state index contributed by atoms with van der Waals surface area (Å²) < 4.78 is 45.9. The number of carbonyl (C=O) groups is 1. The Kier molecular flexibility index (Phi) is 5.59. The van der Waals surface area contributed by atoms with Crippen LogP contribution in [0, 0.1) is 28.8 Å². The van der Waals surface area contributed by atoms with Gasteiger partial charge >= 0.3 is 5.97 Å². The maximum absolute atomic E-state index is 15.3. The van der Waals surface area contributed by atoms with Gasteiger partial charge in [-0.2, -0.15) is 5.26 Å². The summed E-state index contributed by atoms with van der Waals surface area (Å²) in [4.78, 5) is 11.5. The summed E-state index contributed by atoms with van der Waals surface area (Å²) in [5, 5.41) is 36.1. The standard InChI is InChI=1S/C24H17F3N4O3/c1-24(2,34)11-31-22-19(29-30-31)9-17(20(26)21(22)27)15-6-5-13(23(32)33)7-16(15)12-3-4-14(10-28)18(25)8-12/h3-9,34H,11H2,1-2H3,(H,32,33). The van der Waals surface area contributed by atoms with Crippen molar-refractivity contribution < 1.29 is 28.2 Å². The molecule has 0 saturated carbocycles. The van der Waals surface area contributed by atoms with Crippen LogP contribution < -0.4 is 0 Å². The van der Waals surface area contributed by atoms with Crippen molar-refractivity contribution in [2.75, 3.05) is 0 Å². The second kappa shape index (κ2) is 8.28. The van der Waals surface area contributed by atoms with Gasteiger partial charge in [-0.1, -0.05) is 17.3 Å². The molecule has 0 spiro atoms. The number of carboxylic acid groups (broad SMARTS) is 1. The van der Waals surface area contributed by atoms with E-state index in [0.717, 1.165) is 10.7 Å². The molecule has 4 aromatic rings. The molecule has 172 valence electrons. The molecule has 10 heteroatoms. The molecule has 0 atom stereocenters. The first-order valence-corrected chi connectivity index (χ1v) is 10.0. The number of rotatable bonds is 5. The fourth-order valence-electron chi connectivity index (χ4n) is 3.67. The van der Waals surface area contributed by atoms with E-state index in [2.05, 4.69) is 10.3 Å². The summed E-state index contributed by atoms with van der Waals surface area (Å²) >= 11 is 0. The van der Waals surface area contributed by atoms with Gasteiger partial charge in [-0.15, -0.1) is 5.10 Å². The summed E-state index contributed by atoms with van der Waals surface area (Å²) in [6.07, 6.45) is 0. The molecule has 2 N–H and O–H groups in total. The first-order valence-electron chi connectivity index (χ1n) is 10.0. The average molecular weight is 466 g/mol. The summed E-state index contributed by atoms with van der Waals surface area (Å²) in [7, 11) is 0. The maximum Gasteiger partial charge on any atom is 0.335 e. The van der Waals surface area contributed by atoms with Crippen LogP contribution in [0.25, 0.3) is 33.3 Å². The number of hydrogen-bond donors (Lipinski definition) is 2. The predicted octanol–water partition coefficient (Wildman–Crippen LogP) is 4.52. The van der Waals surface area contributed by atoms with Crippen molar-refractivity contribution in [3.8, 4) is 28.3 Å². The Morgan fingerprint density at radius 3 is 2.41 bits per heavy atom. The molecule has 1 heterocycles. The highest BCUT2D eigenvalue weighted by molar-refractivity contribution is 5.95. The molecule has 0 fully saturated rings. The molecular formula is C24H17F3N4O3. The number of aromatic nitrogens is 3. The molecule has 0 unspecified atom stereocenters. The van der Waals surface area contributed by atoms with Gasteiger partial charge in [0.15, 0.2) is 11.6 Å². The highest BCUT2D eigenvalue weighted by atomic mass is 19.2. The number of nitrogens with zero attached hydrogens (tertiary/aromatic N) is 4. The fourth-order valence-corrected chi connectivity index (χ4v) is 3.67. The van der Waals surface area contributed by atoms with Crippen molar-refractivity contribution in [3.05, 3.63) is 71.0 Å². The first kappa shape index (κ1) is 22.9. The van der Waals surface area contributed by atoms with Gasteiger partial charge in [0.1, 0.15) is 22.9 Å². The Labute approximate surface area is 191 Å². The van der Waals surface area contributed by atoms with Crippen LogP contribution in [0.15, 0.2) is 42.5 Å². The van der Waals surface area contributed by atoms with Gasteiger partial charge in [-0.05, 0) is 60.9 Å². The summed E-state index contributed by atoms with van der Waals surface area (Å²) in [5.41, 5.74) is -1.73. The fraction of sp³-hybridized carbons (Fsp3) is 0.167. The lowest BCUT2D eigenvalue weighted by molar-refractivity contribution is 0.0582. The molecular weight excluding hydrogens is 449 g/mol. The van der Waals surface area contributed by atoms with Gasteiger partial charge in [0.2, 0.25) is 0 Å². The van der Waals surface area contributed by atoms with Crippen molar-refractivity contribution in [1.82, 2.24) is 15.0 Å². The maximum atomic E-state index is 15.3. The van der Waals surface area contributed by atoms with Crippen molar-refractivity contribution in [1.29, 1.82) is 5.26 Å². The minimum atomic E-state index is -1.27. The number of fused-ring (bicyclic) bond motifs is 1. The van der Waals surface area contributed by atoms with Crippen molar-refractivity contribution >= 4 is 17.0 Å². The van der Waals surface area contributed by atoms with Crippen LogP contribution in [-0.4, -0.2) is 36.8 Å². The molecule has 0 saturated heterocycles. The number of benzene rings is 3. The van der Waals surface area contributed by atoms with Crippen LogP contribution in [0.4, 0.5) is 13.2 Å². The molecule has 0 amide bonds. The van der Waals surface area contributed by atoms with Crippen LogP contribution in [0.2, 0.25) is 0 Å². The van der Waals surface area contributed by atoms with Gasteiger partial charge in [0.25, 0.3) is 0 Å². The Morgan fingerprint density at radius 1 is 1.06 bits per heavy atom. The van der Waals surface area contributed by atoms with E-state index in [0.29, 0.717) is 0 Å². The lowest BCUT2D eigenvalue weighted by atomic mass is 9.91. The third-order valence-corrected chi connectivity index (χ3v) is 5.17. The highest BCUT2D eigenvalue weighted by Gasteiger charge is 2.25. The van der Waals surface area contributed by atoms with E-state index < -0.39 is 29.0 Å². The van der Waals surface area contributed by atoms with E-state index in [-0.39, 0.29) is 51.0 Å². The van der Waals surface area contributed by atoms with Gasteiger partial charge in [-0.25, -0.2) is 22.6 Å². The number of halogens is 3. The monoisotopic (exact) mass is 466 g/mol. The Morgan fingerprint density at radius 2 is 1.79 bits per heavy atom. The number of carboxylic acids is 1. The Hall–Kier alpha value is -4.23. The number of aliphatic hydroxyl groups is 1. The molecule has 34 heavy (non-hydrogen) atoms. The summed E-state index contributed by atoms with van der Waals surface area (Å²) in [6, 6.07) is 10.3. The van der Waals surface area contributed by atoms with Crippen molar-refractivity contribution in [2.24, 2.45) is 0 Å². The SMILES string of the molecule is CC(C)(O)Cn1nnc2cc(-c3ccc(C(=O)O)cc3-c3ccc(C#N)c(F)c3)c(F)c(F)c21. The molecule has 7 nitrogen and oxygen atoms in total. The highest BCUT2D eigenvalue weighted by Crippen LogP contribution is 2.37. The van der Waals surface area contributed by atoms with Gasteiger partial charge in [-0.3, -0.25) is 0 Å². The van der Waals surface area contributed by atoms with E-state index in [4.69, 9.17) is 5.26 Å². The molecule has 0 aliphatic heterocycles. The zero-order chi connectivity index (χ0) is 24.8. The Balaban J connectivity index is 1.97. The van der Waals surface area contributed by atoms with Crippen LogP contribution in [0.3, 0.4) is 0 Å². The number of aromatic carboxylic acids is 1. The number of hydrogen-bond acceptors (Lipinski definition) is 5. The first-order chi connectivity index (χ1) is 16.0. The van der Waals surface area contributed by atoms with E-state index in [1.807, 2.05) is 0 Å². The molecule has 3 aromatic carbocycles. The molecule has 4 rings (SSSR count). The van der Waals surface area contributed by atoms with Gasteiger partial charge < -0.3 is 10.2 Å². The topological polar surface area (TPSA) is 112 Å². The normalized spacial score (nSPS) is 11.6. The van der Waals surface area contributed by atoms with Crippen LogP contribution >= 0.6 is 0 Å². The third kappa shape index (κ3) is 4.09. The average Bonchev–Trinajstić information content (AvgIpc) is 3.16. The molecule has 1 aromatic heterocycles. The smallest absolute Gasteiger partial charge is 0.335 e. The van der Waals surface area contributed by atoms with E-state index in [1.165, 1.54) is 50.2 Å². The molecule has 0 aliphatic carbocycles. The molecule has 0 radical (unpaired) electrons. The lowest BCUT2D eigenvalue weighted by Gasteiger charge is -2.17. The van der Waals surface area contributed by atoms with E-state index in [1.54, 1.807) is 6.07 Å². The zero-order valence-corrected chi connectivity index (χ0v) is 18.0. The molecule has 0 aliphatic rings. The predicted molar refractivity (Wildman–Crippen MR) is 116 cm³/mol. The van der Waals surface area contributed by atoms with Crippen molar-refractivity contribution in [2.45, 2.75) is 26.0 Å². The Bertz CT molecular complexity index is 1500. The van der Waals surface area contributed by atoms with Gasteiger partial charge in [0, 0.05) is 5.56 Å². The van der Waals surface area contributed by atoms with Gasteiger partial charge in [0.05, 0.1) is 23.3 Å². The molecule has 0 bridgehead atoms. The second-order valence-electron chi connectivity index (χ2n) is 8.35. The van der Waals surface area contributed by atoms with Crippen LogP contribution in [0.5, 0.6) is 0 Å². The van der Waals surface area contributed by atoms with E-state index in [9.17, 15) is 19.4 Å². The van der Waals surface area contributed by atoms with E-state index >= 15 is 8.78 Å². The third-order valence-electron chi connectivity index (χ3n) is 5.17. The summed E-state index contributed by atoms with van der Waals surface area (Å²) in [6.45, 7) is 2.83. The van der Waals surface area contributed by atoms with Crippen molar-refractivity contribution in [3.63, 3.8) is 0 Å². The minimum absolute atomic E-state index is 0.0115. The second-order valence-corrected chi connectivity index (χ2v) is 8.35. The zero-order valence-electron chi connectivity index (χ0n) is 18.0. The quantitative estimate of drug-likeness (QED) is 0.447. The van der Waals surface area contributed by atoms with Crippen LogP contribution in [0.1, 0.15) is 29.8 Å². The number of nitriles is 1. The largest absolute Gasteiger partial charge is 0.478 e.